The van der Waals surface area contributed by atoms with Crippen LogP contribution in [0.1, 0.15) is 55.6 Å². The summed E-state index contributed by atoms with van der Waals surface area (Å²) >= 11 is 0. The van der Waals surface area contributed by atoms with Crippen LogP contribution in [0.3, 0.4) is 0 Å². The third kappa shape index (κ3) is 3.90. The Bertz CT molecular complexity index is 583. The van der Waals surface area contributed by atoms with Crippen molar-refractivity contribution in [2.24, 2.45) is 0 Å². The fourth-order valence-corrected chi connectivity index (χ4v) is 3.05. The van der Waals surface area contributed by atoms with Crippen molar-refractivity contribution in [2.45, 2.75) is 65.2 Å². The molecule has 0 saturated heterocycles. The summed E-state index contributed by atoms with van der Waals surface area (Å²) in [5, 5.41) is 12.6. The van der Waals surface area contributed by atoms with E-state index in [-0.39, 0.29) is 12.4 Å². The van der Waals surface area contributed by atoms with Gasteiger partial charge in [-0.15, -0.1) is 12.4 Å². The molecule has 0 radical (unpaired) electrons. The molecular formula is C16H26ClN5. The number of halogens is 1. The average molecular weight is 324 g/mol. The third-order valence-electron chi connectivity index (χ3n) is 4.36. The molecule has 1 N–H and O–H groups in total. The first-order chi connectivity index (χ1) is 10.3. The van der Waals surface area contributed by atoms with Crippen molar-refractivity contribution in [1.82, 2.24) is 24.9 Å². The molecule has 0 atom stereocenters. The van der Waals surface area contributed by atoms with Crippen LogP contribution >= 0.6 is 12.4 Å². The Labute approximate surface area is 138 Å². The normalized spacial score (nSPS) is 15.2. The number of nitrogens with one attached hydrogen (secondary N) is 1. The Morgan fingerprint density at radius 2 is 2.00 bits per heavy atom. The Kier molecular flexibility index (Phi) is 6.03. The molecule has 0 spiro atoms. The average Bonchev–Trinajstić information content (AvgIpc) is 3.20. The molecule has 2 aromatic rings. The van der Waals surface area contributed by atoms with Gasteiger partial charge in [0.15, 0.2) is 0 Å². The standard InChI is InChI=1S/C16H25N5.ClH/c1-3-20-9-8-15(19-20)11-17-10-14-12-21(18-13(14)2)16-6-4-5-7-16;/h8-9,12,16-17H,3-7,10-11H2,1-2H3;1H. The maximum Gasteiger partial charge on any atom is 0.0762 e. The molecule has 2 aromatic heterocycles. The van der Waals surface area contributed by atoms with Gasteiger partial charge in [0, 0.05) is 37.6 Å². The zero-order valence-electron chi connectivity index (χ0n) is 13.5. The van der Waals surface area contributed by atoms with Gasteiger partial charge in [0.2, 0.25) is 0 Å². The molecule has 2 heterocycles. The number of hydrogen-bond donors (Lipinski definition) is 1. The second-order valence-corrected chi connectivity index (χ2v) is 5.92. The summed E-state index contributed by atoms with van der Waals surface area (Å²) in [6, 6.07) is 2.70. The summed E-state index contributed by atoms with van der Waals surface area (Å²) in [4.78, 5) is 0. The van der Waals surface area contributed by atoms with E-state index in [4.69, 9.17) is 5.10 Å². The number of hydrogen-bond acceptors (Lipinski definition) is 3. The fraction of sp³-hybridized carbons (Fsp3) is 0.625. The van der Waals surface area contributed by atoms with Crippen LogP contribution in [-0.4, -0.2) is 19.6 Å². The Balaban J connectivity index is 0.00000176. The number of aromatic nitrogens is 4. The molecule has 1 saturated carbocycles. The lowest BCUT2D eigenvalue weighted by molar-refractivity contribution is 0.464. The molecule has 0 aromatic carbocycles. The minimum atomic E-state index is 0. The van der Waals surface area contributed by atoms with E-state index in [1.165, 1.54) is 31.2 Å². The fourth-order valence-electron chi connectivity index (χ4n) is 3.05. The van der Waals surface area contributed by atoms with E-state index in [0.717, 1.165) is 31.0 Å². The molecule has 3 rings (SSSR count). The molecule has 122 valence electrons. The second kappa shape index (κ2) is 7.79. The van der Waals surface area contributed by atoms with Crippen LogP contribution in [0.15, 0.2) is 18.5 Å². The number of aryl methyl sites for hydroxylation is 2. The maximum atomic E-state index is 4.69. The topological polar surface area (TPSA) is 47.7 Å². The van der Waals surface area contributed by atoms with Crippen LogP contribution in [0.5, 0.6) is 0 Å². The molecule has 1 aliphatic carbocycles. The van der Waals surface area contributed by atoms with E-state index in [2.05, 4.69) is 41.2 Å². The van der Waals surface area contributed by atoms with Gasteiger partial charge in [-0.05, 0) is 32.8 Å². The highest BCUT2D eigenvalue weighted by atomic mass is 35.5. The molecule has 0 unspecified atom stereocenters. The first kappa shape index (κ1) is 17.0. The van der Waals surface area contributed by atoms with Gasteiger partial charge in [-0.25, -0.2) is 0 Å². The quantitative estimate of drug-likeness (QED) is 0.887. The summed E-state index contributed by atoms with van der Waals surface area (Å²) in [5.41, 5.74) is 3.54. The highest BCUT2D eigenvalue weighted by Crippen LogP contribution is 2.29. The van der Waals surface area contributed by atoms with Gasteiger partial charge in [0.1, 0.15) is 0 Å². The van der Waals surface area contributed by atoms with Gasteiger partial charge in [-0.1, -0.05) is 12.8 Å². The van der Waals surface area contributed by atoms with Crippen molar-refractivity contribution in [2.75, 3.05) is 0 Å². The van der Waals surface area contributed by atoms with E-state index in [9.17, 15) is 0 Å². The molecule has 5 nitrogen and oxygen atoms in total. The summed E-state index contributed by atoms with van der Waals surface area (Å²) in [7, 11) is 0. The first-order valence-corrected chi connectivity index (χ1v) is 8.04. The molecule has 22 heavy (non-hydrogen) atoms. The Morgan fingerprint density at radius 3 is 2.68 bits per heavy atom. The Hall–Kier alpha value is -1.33. The lowest BCUT2D eigenvalue weighted by atomic mass is 10.2. The molecule has 6 heteroatoms. The van der Waals surface area contributed by atoms with Crippen molar-refractivity contribution >= 4 is 12.4 Å². The monoisotopic (exact) mass is 323 g/mol. The van der Waals surface area contributed by atoms with Crippen LogP contribution in [0.25, 0.3) is 0 Å². The van der Waals surface area contributed by atoms with Gasteiger partial charge < -0.3 is 5.32 Å². The number of rotatable bonds is 6. The van der Waals surface area contributed by atoms with Gasteiger partial charge in [-0.2, -0.15) is 10.2 Å². The van der Waals surface area contributed by atoms with E-state index in [1.54, 1.807) is 0 Å². The van der Waals surface area contributed by atoms with Crippen molar-refractivity contribution in [3.63, 3.8) is 0 Å². The summed E-state index contributed by atoms with van der Waals surface area (Å²) in [6.07, 6.45) is 9.50. The SMILES string of the molecule is CCn1ccc(CNCc2cn(C3CCCC3)nc2C)n1.Cl. The van der Waals surface area contributed by atoms with Gasteiger partial charge in [-0.3, -0.25) is 9.36 Å². The Morgan fingerprint density at radius 1 is 1.23 bits per heavy atom. The zero-order chi connectivity index (χ0) is 14.7. The second-order valence-electron chi connectivity index (χ2n) is 5.92. The van der Waals surface area contributed by atoms with E-state index in [1.807, 2.05) is 10.9 Å². The van der Waals surface area contributed by atoms with Crippen molar-refractivity contribution in [3.05, 3.63) is 35.4 Å². The predicted molar refractivity (Wildman–Crippen MR) is 90.2 cm³/mol. The smallest absolute Gasteiger partial charge is 0.0762 e. The predicted octanol–water partition coefficient (Wildman–Crippen LogP) is 3.23. The van der Waals surface area contributed by atoms with Crippen LogP contribution < -0.4 is 5.32 Å². The highest BCUT2D eigenvalue weighted by Gasteiger charge is 2.18. The minimum Gasteiger partial charge on any atom is -0.307 e. The molecule has 0 amide bonds. The number of nitrogens with zero attached hydrogens (tertiary/aromatic N) is 4. The van der Waals surface area contributed by atoms with E-state index < -0.39 is 0 Å². The first-order valence-electron chi connectivity index (χ1n) is 8.04. The van der Waals surface area contributed by atoms with Gasteiger partial charge >= 0.3 is 0 Å². The van der Waals surface area contributed by atoms with Crippen molar-refractivity contribution in [1.29, 1.82) is 0 Å². The molecule has 1 fully saturated rings. The van der Waals surface area contributed by atoms with Crippen LogP contribution in [0, 0.1) is 6.92 Å². The molecular weight excluding hydrogens is 298 g/mol. The minimum absolute atomic E-state index is 0. The highest BCUT2D eigenvalue weighted by molar-refractivity contribution is 5.85. The van der Waals surface area contributed by atoms with Gasteiger partial charge in [0.05, 0.1) is 17.4 Å². The van der Waals surface area contributed by atoms with Crippen molar-refractivity contribution < 1.29 is 0 Å². The maximum absolute atomic E-state index is 4.69. The largest absolute Gasteiger partial charge is 0.307 e. The summed E-state index contributed by atoms with van der Waals surface area (Å²) in [5.74, 6) is 0. The summed E-state index contributed by atoms with van der Waals surface area (Å²) < 4.78 is 4.14. The molecule has 1 aliphatic rings. The van der Waals surface area contributed by atoms with Crippen molar-refractivity contribution in [3.8, 4) is 0 Å². The van der Waals surface area contributed by atoms with Crippen LogP contribution in [0.2, 0.25) is 0 Å². The zero-order valence-corrected chi connectivity index (χ0v) is 14.3. The molecule has 0 aliphatic heterocycles. The third-order valence-corrected chi connectivity index (χ3v) is 4.36. The lowest BCUT2D eigenvalue weighted by Gasteiger charge is -2.08. The molecule has 0 bridgehead atoms. The lowest BCUT2D eigenvalue weighted by Crippen LogP contribution is -2.13. The summed E-state index contributed by atoms with van der Waals surface area (Å²) in [6.45, 7) is 6.80. The van der Waals surface area contributed by atoms with Gasteiger partial charge in [0.25, 0.3) is 0 Å². The van der Waals surface area contributed by atoms with E-state index in [0.29, 0.717) is 6.04 Å². The van der Waals surface area contributed by atoms with E-state index >= 15 is 0 Å². The van der Waals surface area contributed by atoms with Crippen LogP contribution in [-0.2, 0) is 19.6 Å². The van der Waals surface area contributed by atoms with Crippen LogP contribution in [0.4, 0.5) is 0 Å².